The topological polar surface area (TPSA) is 112 Å². The molecule has 1 aliphatic rings. The molecule has 0 atom stereocenters. The Hall–Kier alpha value is -4.06. The third kappa shape index (κ3) is 7.18. The van der Waals surface area contributed by atoms with Crippen LogP contribution in [0, 0.1) is 0 Å². The highest BCUT2D eigenvalue weighted by Gasteiger charge is 2.28. The number of thiazole rings is 1. The maximum atomic E-state index is 13.1. The number of hydrogen-bond donors (Lipinski definition) is 2. The summed E-state index contributed by atoms with van der Waals surface area (Å²) in [5, 5.41) is 4.49. The second kappa shape index (κ2) is 12.6. The molecule has 2 heterocycles. The molecule has 2 amide bonds. The summed E-state index contributed by atoms with van der Waals surface area (Å²) >= 11 is 1.13. The van der Waals surface area contributed by atoms with Crippen molar-refractivity contribution in [3.8, 4) is 0 Å². The summed E-state index contributed by atoms with van der Waals surface area (Å²) in [7, 11) is -3.87. The van der Waals surface area contributed by atoms with Gasteiger partial charge in [0.2, 0.25) is 11.8 Å². The molecule has 9 nitrogen and oxygen atoms in total. The minimum atomic E-state index is -3.87. The van der Waals surface area contributed by atoms with Gasteiger partial charge in [0.05, 0.1) is 23.1 Å². The van der Waals surface area contributed by atoms with Crippen LogP contribution in [0.2, 0.25) is 0 Å². The summed E-state index contributed by atoms with van der Waals surface area (Å²) in [5.41, 5.74) is 3.47. The van der Waals surface area contributed by atoms with Crippen LogP contribution in [0.15, 0.2) is 95.2 Å². The highest BCUT2D eigenvalue weighted by Crippen LogP contribution is 2.29. The molecule has 41 heavy (non-hydrogen) atoms. The lowest BCUT2D eigenvalue weighted by atomic mass is 9.96. The van der Waals surface area contributed by atoms with Crippen molar-refractivity contribution in [2.24, 2.45) is 0 Å². The van der Waals surface area contributed by atoms with Gasteiger partial charge in [0.25, 0.3) is 10.0 Å². The molecule has 2 N–H and O–H groups in total. The van der Waals surface area contributed by atoms with E-state index in [0.717, 1.165) is 24.4 Å². The molecule has 11 heteroatoms. The fourth-order valence-corrected chi connectivity index (χ4v) is 6.87. The second-order valence-electron chi connectivity index (χ2n) is 9.77. The van der Waals surface area contributed by atoms with E-state index in [9.17, 15) is 18.0 Å². The molecule has 0 bridgehead atoms. The van der Waals surface area contributed by atoms with Crippen molar-refractivity contribution in [3.63, 3.8) is 0 Å². The van der Waals surface area contributed by atoms with E-state index in [2.05, 4.69) is 68.5 Å². The number of rotatable bonds is 9. The monoisotopic (exact) mass is 589 g/mol. The molecule has 0 radical (unpaired) electrons. The molecule has 212 valence electrons. The number of nitrogens with one attached hydrogen (secondary N) is 2. The average Bonchev–Trinajstić information content (AvgIpc) is 3.40. The predicted molar refractivity (Wildman–Crippen MR) is 160 cm³/mol. The molecule has 5 rings (SSSR count). The highest BCUT2D eigenvalue weighted by atomic mass is 32.2. The first-order valence-electron chi connectivity index (χ1n) is 13.2. The van der Waals surface area contributed by atoms with Crippen LogP contribution in [0.4, 0.5) is 10.8 Å². The Bertz CT molecular complexity index is 1550. The first kappa shape index (κ1) is 28.5. The van der Waals surface area contributed by atoms with Crippen LogP contribution in [0.25, 0.3) is 0 Å². The maximum Gasteiger partial charge on any atom is 0.263 e. The zero-order valence-electron chi connectivity index (χ0n) is 22.6. The summed E-state index contributed by atoms with van der Waals surface area (Å²) < 4.78 is 28.1. The number of hydrogen-bond acceptors (Lipinski definition) is 7. The van der Waals surface area contributed by atoms with Crippen molar-refractivity contribution in [1.29, 1.82) is 0 Å². The number of benzene rings is 3. The summed E-state index contributed by atoms with van der Waals surface area (Å²) in [6.45, 7) is 4.07. The first-order chi connectivity index (χ1) is 19.8. The Kier molecular flexibility index (Phi) is 8.77. The van der Waals surface area contributed by atoms with Gasteiger partial charge >= 0.3 is 0 Å². The molecule has 0 spiro atoms. The van der Waals surface area contributed by atoms with Gasteiger partial charge in [0.15, 0.2) is 5.13 Å². The molecule has 1 fully saturated rings. The van der Waals surface area contributed by atoms with E-state index in [1.807, 2.05) is 17.0 Å². The van der Waals surface area contributed by atoms with Crippen LogP contribution in [0.5, 0.6) is 0 Å². The Balaban J connectivity index is 1.18. The summed E-state index contributed by atoms with van der Waals surface area (Å²) in [5.74, 6) is -0.275. The lowest BCUT2D eigenvalue weighted by molar-refractivity contribution is -0.132. The SMILES string of the molecule is CC(=O)Nc1ccc(S(=O)(=O)Nc2nc(CC(=O)N3CCN(C(c4ccccc4)c4ccccc4)CC3)cs2)cc1. The van der Waals surface area contributed by atoms with Crippen LogP contribution in [-0.2, 0) is 26.0 Å². The number of aromatic nitrogens is 1. The van der Waals surface area contributed by atoms with Crippen LogP contribution in [0.1, 0.15) is 29.8 Å². The van der Waals surface area contributed by atoms with Gasteiger partial charge in [-0.3, -0.25) is 19.2 Å². The van der Waals surface area contributed by atoms with Crippen molar-refractivity contribution in [2.45, 2.75) is 24.3 Å². The predicted octanol–water partition coefficient (Wildman–Crippen LogP) is 4.38. The number of amides is 2. The van der Waals surface area contributed by atoms with Crippen molar-refractivity contribution >= 4 is 44.0 Å². The molecule has 1 aromatic heterocycles. The molecule has 1 saturated heterocycles. The minimum absolute atomic E-state index is 0.0334. The Labute approximate surface area is 243 Å². The van der Waals surface area contributed by atoms with Crippen molar-refractivity contribution in [3.05, 3.63) is 107 Å². The molecule has 0 unspecified atom stereocenters. The number of carbonyl (C=O) groups excluding carboxylic acids is 2. The van der Waals surface area contributed by atoms with Gasteiger partial charge in [0.1, 0.15) is 0 Å². The van der Waals surface area contributed by atoms with Crippen LogP contribution >= 0.6 is 11.3 Å². The Morgan fingerprint density at radius 3 is 2.02 bits per heavy atom. The largest absolute Gasteiger partial charge is 0.340 e. The zero-order valence-corrected chi connectivity index (χ0v) is 24.2. The Morgan fingerprint density at radius 2 is 1.46 bits per heavy atom. The summed E-state index contributed by atoms with van der Waals surface area (Å²) in [6.07, 6.45) is 0.102. The standard InChI is InChI=1S/C30H31N5O4S2/c1-22(36)31-25-12-14-27(15-13-25)41(38,39)33-30-32-26(21-40-30)20-28(37)34-16-18-35(19-17-34)29(23-8-4-2-5-9-23)24-10-6-3-7-11-24/h2-15,21,29H,16-20H2,1H3,(H,31,36)(H,32,33). The third-order valence-corrected chi connectivity index (χ3v) is 9.14. The molecule has 1 aliphatic heterocycles. The van der Waals surface area contributed by atoms with Gasteiger partial charge in [-0.05, 0) is 35.4 Å². The van der Waals surface area contributed by atoms with E-state index in [4.69, 9.17) is 0 Å². The van der Waals surface area contributed by atoms with Crippen molar-refractivity contribution < 1.29 is 18.0 Å². The smallest absolute Gasteiger partial charge is 0.263 e. The van der Waals surface area contributed by atoms with E-state index in [-0.39, 0.29) is 34.3 Å². The van der Waals surface area contributed by atoms with E-state index >= 15 is 0 Å². The zero-order chi connectivity index (χ0) is 28.8. The fourth-order valence-electron chi connectivity index (χ4n) is 4.91. The Morgan fingerprint density at radius 1 is 0.878 bits per heavy atom. The van der Waals surface area contributed by atoms with E-state index in [1.54, 1.807) is 5.38 Å². The van der Waals surface area contributed by atoms with E-state index in [0.29, 0.717) is 24.5 Å². The number of carbonyl (C=O) groups is 2. The number of sulfonamides is 1. The van der Waals surface area contributed by atoms with Crippen LogP contribution in [-0.4, -0.2) is 61.2 Å². The number of anilines is 2. The lowest BCUT2D eigenvalue weighted by Crippen LogP contribution is -2.50. The fraction of sp³-hybridized carbons (Fsp3) is 0.233. The third-order valence-electron chi connectivity index (χ3n) is 6.85. The minimum Gasteiger partial charge on any atom is -0.340 e. The molecule has 4 aromatic rings. The van der Waals surface area contributed by atoms with Crippen LogP contribution < -0.4 is 10.0 Å². The second-order valence-corrected chi connectivity index (χ2v) is 12.3. The summed E-state index contributed by atoms with van der Waals surface area (Å²) in [6, 6.07) is 26.8. The first-order valence-corrected chi connectivity index (χ1v) is 15.6. The molecule has 0 aliphatic carbocycles. The number of nitrogens with zero attached hydrogens (tertiary/aromatic N) is 3. The maximum absolute atomic E-state index is 13.1. The van der Waals surface area contributed by atoms with Gasteiger partial charge in [-0.15, -0.1) is 11.3 Å². The van der Waals surface area contributed by atoms with Crippen LogP contribution in [0.3, 0.4) is 0 Å². The van der Waals surface area contributed by atoms with Gasteiger partial charge < -0.3 is 10.2 Å². The molecular weight excluding hydrogens is 558 g/mol. The molecular formula is C30H31N5O4S2. The highest BCUT2D eigenvalue weighted by molar-refractivity contribution is 7.93. The van der Waals surface area contributed by atoms with Crippen molar-refractivity contribution in [2.75, 3.05) is 36.2 Å². The average molecular weight is 590 g/mol. The quantitative estimate of drug-likeness (QED) is 0.300. The molecule has 3 aromatic carbocycles. The normalized spacial score (nSPS) is 14.1. The lowest BCUT2D eigenvalue weighted by Gasteiger charge is -2.39. The van der Waals surface area contributed by atoms with Gasteiger partial charge in [0, 0.05) is 44.2 Å². The van der Waals surface area contributed by atoms with E-state index in [1.165, 1.54) is 42.3 Å². The van der Waals surface area contributed by atoms with Gasteiger partial charge in [-0.2, -0.15) is 0 Å². The number of piperazine rings is 1. The van der Waals surface area contributed by atoms with Crippen molar-refractivity contribution in [1.82, 2.24) is 14.8 Å². The van der Waals surface area contributed by atoms with Gasteiger partial charge in [-0.25, -0.2) is 13.4 Å². The van der Waals surface area contributed by atoms with E-state index < -0.39 is 10.0 Å². The summed E-state index contributed by atoms with van der Waals surface area (Å²) in [4.78, 5) is 33.0. The van der Waals surface area contributed by atoms with Gasteiger partial charge in [-0.1, -0.05) is 60.7 Å². The molecule has 0 saturated carbocycles.